The van der Waals surface area contributed by atoms with Gasteiger partial charge in [0.1, 0.15) is 6.54 Å². The lowest BCUT2D eigenvalue weighted by Crippen LogP contribution is -2.37. The van der Waals surface area contributed by atoms with Crippen LogP contribution in [0.1, 0.15) is 13.8 Å². The molecule has 0 aromatic carbocycles. The van der Waals surface area contributed by atoms with Crippen molar-refractivity contribution in [2.45, 2.75) is 20.1 Å². The maximum Gasteiger partial charge on any atom is 0.701 e. The van der Waals surface area contributed by atoms with Crippen LogP contribution in [0.4, 0.5) is 0 Å². The molecule has 104 valence electrons. The van der Waals surface area contributed by atoms with E-state index < -0.39 is 20.5 Å². The molecule has 0 saturated heterocycles. The number of carbonyl (C=O) groups is 1. The van der Waals surface area contributed by atoms with Gasteiger partial charge in [-0.3, -0.25) is 0 Å². The Morgan fingerprint density at radius 1 is 1.39 bits per heavy atom. The van der Waals surface area contributed by atoms with Crippen LogP contribution in [-0.2, 0) is 23.1 Å². The molecule has 2 unspecified atom stereocenters. The third-order valence-corrected chi connectivity index (χ3v) is 2.68. The number of carbonyl (C=O) groups excluding carboxylic acids is 1. The molecule has 0 rings (SSSR count). The van der Waals surface area contributed by atoms with Crippen LogP contribution in [0.25, 0.3) is 0 Å². The zero-order valence-corrected chi connectivity index (χ0v) is 12.5. The van der Waals surface area contributed by atoms with Crippen molar-refractivity contribution in [3.05, 3.63) is 12.2 Å². The summed E-state index contributed by atoms with van der Waals surface area (Å²) < 4.78 is 26.7. The average molecular weight is 279 g/mol. The van der Waals surface area contributed by atoms with Crippen molar-refractivity contribution >= 4 is 14.2 Å². The molecule has 6 nitrogen and oxygen atoms in total. The highest BCUT2D eigenvalue weighted by Crippen LogP contribution is 2.26. The Morgan fingerprint density at radius 3 is 2.39 bits per heavy atom. The molecule has 0 aliphatic carbocycles. The van der Waals surface area contributed by atoms with E-state index >= 15 is 0 Å². The van der Waals surface area contributed by atoms with E-state index in [1.807, 2.05) is 21.1 Å². The van der Waals surface area contributed by atoms with Crippen LogP contribution in [-0.4, -0.2) is 51.0 Å². The molecule has 18 heavy (non-hydrogen) atoms. The van der Waals surface area contributed by atoms with Gasteiger partial charge in [0.15, 0.2) is 6.61 Å². The van der Waals surface area contributed by atoms with Gasteiger partial charge in [0.05, 0.1) is 21.1 Å². The monoisotopic (exact) mass is 279 g/mol. The van der Waals surface area contributed by atoms with E-state index in [1.54, 1.807) is 0 Å². The van der Waals surface area contributed by atoms with Gasteiger partial charge in [-0.15, -0.1) is 4.52 Å². The molecule has 0 aromatic heterocycles. The summed E-state index contributed by atoms with van der Waals surface area (Å²) in [5.74, 6) is -0.586. The van der Waals surface area contributed by atoms with Crippen molar-refractivity contribution in [1.82, 2.24) is 0 Å². The van der Waals surface area contributed by atoms with E-state index in [4.69, 9.17) is 13.8 Å². The van der Waals surface area contributed by atoms with Gasteiger partial charge in [-0.1, -0.05) is 11.1 Å². The molecule has 2 atom stereocenters. The van der Waals surface area contributed by atoms with Gasteiger partial charge < -0.3 is 9.22 Å². The number of hydrogen-bond acceptors (Lipinski definition) is 5. The number of quaternary nitrogens is 1. The maximum atomic E-state index is 11.4. The third-order valence-electron chi connectivity index (χ3n) is 1.81. The zero-order valence-electron chi connectivity index (χ0n) is 11.6. The average Bonchev–Trinajstić information content (AvgIpc) is 2.14. The molecule has 0 aromatic rings. The van der Waals surface area contributed by atoms with Crippen LogP contribution in [0.15, 0.2) is 12.2 Å². The molecule has 0 N–H and O–H groups in total. The Bertz CT molecular complexity index is 324. The molecule has 0 amide bonds. The molecular weight excluding hydrogens is 257 g/mol. The highest BCUT2D eigenvalue weighted by Gasteiger charge is 2.28. The minimum Gasteiger partial charge on any atom is -0.428 e. The summed E-state index contributed by atoms with van der Waals surface area (Å²) in [6.07, 6.45) is -0.929. The van der Waals surface area contributed by atoms with Crippen LogP contribution in [0.3, 0.4) is 0 Å². The van der Waals surface area contributed by atoms with E-state index in [-0.39, 0.29) is 5.57 Å². The number of nitrogens with zero attached hydrogens (tertiary/aromatic N) is 1. The van der Waals surface area contributed by atoms with Crippen molar-refractivity contribution in [2.75, 3.05) is 34.3 Å². The van der Waals surface area contributed by atoms with Crippen molar-refractivity contribution in [1.29, 1.82) is 0 Å². The second-order valence-electron chi connectivity index (χ2n) is 4.93. The van der Waals surface area contributed by atoms with Gasteiger partial charge in [-0.05, 0) is 6.92 Å². The summed E-state index contributed by atoms with van der Waals surface area (Å²) in [5, 5.41) is 0. The van der Waals surface area contributed by atoms with Crippen LogP contribution < -0.4 is 0 Å². The van der Waals surface area contributed by atoms with Gasteiger partial charge in [0.2, 0.25) is 0 Å². The molecule has 0 aliphatic rings. The van der Waals surface area contributed by atoms with Gasteiger partial charge in [-0.2, -0.15) is 0 Å². The highest BCUT2D eigenvalue weighted by atomic mass is 31.1. The molecule has 0 fully saturated rings. The lowest BCUT2D eigenvalue weighted by atomic mass is 10.4. The number of ether oxygens (including phenoxy) is 1. The highest BCUT2D eigenvalue weighted by molar-refractivity contribution is 7.33. The first-order chi connectivity index (χ1) is 8.11. The molecule has 0 spiro atoms. The Kier molecular flexibility index (Phi) is 7.25. The van der Waals surface area contributed by atoms with Gasteiger partial charge in [0, 0.05) is 17.1 Å². The summed E-state index contributed by atoms with van der Waals surface area (Å²) in [6.45, 7) is 7.42. The Labute approximate surface area is 109 Å². The van der Waals surface area contributed by atoms with Crippen LogP contribution in [0, 0.1) is 0 Å². The van der Waals surface area contributed by atoms with Crippen LogP contribution in [0.5, 0.6) is 0 Å². The third kappa shape index (κ3) is 9.24. The van der Waals surface area contributed by atoms with E-state index in [0.29, 0.717) is 17.6 Å². The normalized spacial score (nSPS) is 13.9. The standard InChI is InChI=1S/C11H22NO5P/c1-9(2)11(13)16-10(3)17-18(14)15-8-7-12(4,5)6/h10H,1,7-8H2,2-6H3/q+2. The van der Waals surface area contributed by atoms with Crippen molar-refractivity contribution in [2.24, 2.45) is 0 Å². The Hall–Kier alpha value is -0.810. The summed E-state index contributed by atoms with van der Waals surface area (Å²) in [6, 6.07) is 0. The molecule has 0 aliphatic heterocycles. The fourth-order valence-corrected chi connectivity index (χ4v) is 1.39. The van der Waals surface area contributed by atoms with E-state index in [2.05, 4.69) is 6.58 Å². The van der Waals surface area contributed by atoms with Crippen molar-refractivity contribution in [3.8, 4) is 0 Å². The molecule has 0 heterocycles. The van der Waals surface area contributed by atoms with Gasteiger partial charge >= 0.3 is 14.2 Å². The molecule has 0 saturated carbocycles. The van der Waals surface area contributed by atoms with Gasteiger partial charge in [0.25, 0.3) is 6.29 Å². The number of rotatable bonds is 8. The molecule has 0 radical (unpaired) electrons. The fourth-order valence-electron chi connectivity index (χ4n) is 0.814. The predicted octanol–water partition coefficient (Wildman–Crippen LogP) is 1.85. The minimum atomic E-state index is -2.29. The lowest BCUT2D eigenvalue weighted by molar-refractivity contribution is -0.870. The summed E-state index contributed by atoms with van der Waals surface area (Å²) in [7, 11) is 3.69. The van der Waals surface area contributed by atoms with E-state index in [1.165, 1.54) is 13.8 Å². The maximum absolute atomic E-state index is 11.4. The summed E-state index contributed by atoms with van der Waals surface area (Å²) in [5.41, 5.74) is 0.256. The molecule has 7 heteroatoms. The predicted molar refractivity (Wildman–Crippen MR) is 67.9 cm³/mol. The fraction of sp³-hybridized carbons (Fsp3) is 0.727. The minimum absolute atomic E-state index is 0.256. The Balaban J connectivity index is 3.88. The number of likely N-dealkylation sites (N-methyl/N-ethyl adjacent to an activating group) is 1. The second kappa shape index (κ2) is 7.59. The largest absolute Gasteiger partial charge is 0.701 e. The summed E-state index contributed by atoms with van der Waals surface area (Å²) >= 11 is 0. The quantitative estimate of drug-likeness (QED) is 0.223. The topological polar surface area (TPSA) is 61.8 Å². The molecular formula is C11H22NO5P+2. The van der Waals surface area contributed by atoms with E-state index in [9.17, 15) is 9.36 Å². The number of hydrogen-bond donors (Lipinski definition) is 0. The van der Waals surface area contributed by atoms with Crippen LogP contribution >= 0.6 is 8.25 Å². The first kappa shape index (κ1) is 17.2. The summed E-state index contributed by atoms with van der Waals surface area (Å²) in [4.78, 5) is 11.1. The van der Waals surface area contributed by atoms with Crippen molar-refractivity contribution in [3.63, 3.8) is 0 Å². The molecule has 0 bridgehead atoms. The zero-order chi connectivity index (χ0) is 14.3. The Morgan fingerprint density at radius 2 is 1.94 bits per heavy atom. The number of esters is 1. The first-order valence-electron chi connectivity index (χ1n) is 5.55. The second-order valence-corrected chi connectivity index (χ2v) is 5.85. The van der Waals surface area contributed by atoms with Crippen LogP contribution in [0.2, 0.25) is 0 Å². The van der Waals surface area contributed by atoms with E-state index in [0.717, 1.165) is 0 Å². The SMILES string of the molecule is C=C(C)C(=O)OC(C)O[P+](=O)OCC[N+](C)(C)C. The van der Waals surface area contributed by atoms with Crippen molar-refractivity contribution < 1.29 is 27.6 Å². The first-order valence-corrected chi connectivity index (χ1v) is 6.65. The van der Waals surface area contributed by atoms with Gasteiger partial charge in [-0.25, -0.2) is 4.79 Å². The lowest BCUT2D eigenvalue weighted by Gasteiger charge is -2.21. The smallest absolute Gasteiger partial charge is 0.428 e.